The van der Waals surface area contributed by atoms with Crippen LogP contribution in [-0.4, -0.2) is 11.6 Å². The van der Waals surface area contributed by atoms with Gasteiger partial charge in [-0.1, -0.05) is 17.7 Å². The van der Waals surface area contributed by atoms with Gasteiger partial charge in [-0.2, -0.15) is 5.10 Å². The second-order valence-corrected chi connectivity index (χ2v) is 5.78. The van der Waals surface area contributed by atoms with E-state index in [1.54, 1.807) is 35.6 Å². The molecule has 0 unspecified atom stereocenters. The molecule has 1 amide bonds. The van der Waals surface area contributed by atoms with Gasteiger partial charge in [0.05, 0.1) is 10.6 Å². The quantitative estimate of drug-likeness (QED) is 0.677. The summed E-state index contributed by atoms with van der Waals surface area (Å²) in [6.07, 6.45) is 0. The molecular weight excluding hydrogens is 280 g/mol. The highest BCUT2D eigenvalue weighted by atomic mass is 35.5. The zero-order valence-corrected chi connectivity index (χ0v) is 12.2. The maximum absolute atomic E-state index is 11.9. The first kappa shape index (κ1) is 13.8. The van der Waals surface area contributed by atoms with Gasteiger partial charge in [0.1, 0.15) is 0 Å². The molecule has 2 rings (SSSR count). The summed E-state index contributed by atoms with van der Waals surface area (Å²) in [5.74, 6) is -0.268. The lowest BCUT2D eigenvalue weighted by atomic mass is 10.2. The summed E-state index contributed by atoms with van der Waals surface area (Å²) < 4.78 is 0. The molecule has 0 aliphatic rings. The van der Waals surface area contributed by atoms with Crippen LogP contribution >= 0.6 is 22.9 Å². The molecule has 0 radical (unpaired) electrons. The summed E-state index contributed by atoms with van der Waals surface area (Å²) in [5.41, 5.74) is 3.81. The number of thiophene rings is 1. The van der Waals surface area contributed by atoms with Crippen molar-refractivity contribution in [3.63, 3.8) is 0 Å². The van der Waals surface area contributed by atoms with Gasteiger partial charge < -0.3 is 0 Å². The Hall–Kier alpha value is -1.65. The summed E-state index contributed by atoms with van der Waals surface area (Å²) >= 11 is 7.48. The first-order valence-electron chi connectivity index (χ1n) is 5.73. The van der Waals surface area contributed by atoms with Crippen molar-refractivity contribution in [3.8, 4) is 0 Å². The van der Waals surface area contributed by atoms with Crippen molar-refractivity contribution in [2.24, 2.45) is 5.10 Å². The summed E-state index contributed by atoms with van der Waals surface area (Å²) in [7, 11) is 0. The number of nitrogens with one attached hydrogen (secondary N) is 1. The van der Waals surface area contributed by atoms with Gasteiger partial charge in [0, 0.05) is 15.5 Å². The number of amides is 1. The van der Waals surface area contributed by atoms with Gasteiger partial charge in [-0.05, 0) is 44.2 Å². The van der Waals surface area contributed by atoms with E-state index in [0.29, 0.717) is 10.6 Å². The number of carbonyl (C=O) groups excluding carboxylic acids is 1. The lowest BCUT2D eigenvalue weighted by Gasteiger charge is -2.01. The van der Waals surface area contributed by atoms with Crippen LogP contribution < -0.4 is 5.43 Å². The molecule has 2 aromatic rings. The summed E-state index contributed by atoms with van der Waals surface area (Å²) in [6, 6.07) is 10.8. The van der Waals surface area contributed by atoms with Crippen LogP contribution in [0.4, 0.5) is 0 Å². The minimum Gasteiger partial charge on any atom is -0.267 e. The zero-order valence-electron chi connectivity index (χ0n) is 10.6. The molecule has 1 aromatic heterocycles. The van der Waals surface area contributed by atoms with Crippen LogP contribution in [0.2, 0.25) is 5.02 Å². The Labute approximate surface area is 120 Å². The summed E-state index contributed by atoms with van der Waals surface area (Å²) in [6.45, 7) is 3.90. The van der Waals surface area contributed by atoms with Crippen LogP contribution in [0.15, 0.2) is 41.5 Å². The number of hydrogen-bond donors (Lipinski definition) is 1. The van der Waals surface area contributed by atoms with Crippen LogP contribution in [0.1, 0.15) is 27.0 Å². The van der Waals surface area contributed by atoms with E-state index in [4.69, 9.17) is 11.6 Å². The molecule has 5 heteroatoms. The van der Waals surface area contributed by atoms with Gasteiger partial charge in [0.25, 0.3) is 5.91 Å². The number of hydrogen-bond acceptors (Lipinski definition) is 3. The lowest BCUT2D eigenvalue weighted by Crippen LogP contribution is -2.19. The molecule has 98 valence electrons. The molecule has 1 heterocycles. The van der Waals surface area contributed by atoms with Crippen molar-refractivity contribution >= 4 is 34.6 Å². The maximum atomic E-state index is 11.9. The number of nitrogens with zero attached hydrogens (tertiary/aromatic N) is 1. The molecule has 0 aliphatic carbocycles. The fourth-order valence-corrected chi connectivity index (χ4v) is 2.52. The predicted octanol–water partition coefficient (Wildman–Crippen LogP) is 3.86. The molecule has 0 saturated carbocycles. The van der Waals surface area contributed by atoms with E-state index in [9.17, 15) is 4.79 Å². The Morgan fingerprint density at radius 1 is 1.32 bits per heavy atom. The molecule has 1 N–H and O–H groups in total. The van der Waals surface area contributed by atoms with Crippen molar-refractivity contribution < 1.29 is 4.79 Å². The van der Waals surface area contributed by atoms with E-state index < -0.39 is 0 Å². The van der Waals surface area contributed by atoms with Gasteiger partial charge in [-0.25, -0.2) is 5.43 Å². The lowest BCUT2D eigenvalue weighted by molar-refractivity contribution is 0.0955. The Morgan fingerprint density at radius 3 is 2.74 bits per heavy atom. The largest absolute Gasteiger partial charge is 0.271 e. The number of carbonyl (C=O) groups is 1. The Morgan fingerprint density at radius 2 is 2.11 bits per heavy atom. The standard InChI is InChI=1S/C14H13ClN2OS/c1-9-6-7-13(19-9)10(2)16-17-14(18)11-4-3-5-12(15)8-11/h3-8H,1-2H3,(H,17,18)/b16-10-. The van der Waals surface area contributed by atoms with Crippen LogP contribution in [0, 0.1) is 6.92 Å². The predicted molar refractivity (Wildman–Crippen MR) is 80.2 cm³/mol. The van der Waals surface area contributed by atoms with Crippen molar-refractivity contribution in [2.75, 3.05) is 0 Å². The third-order valence-electron chi connectivity index (χ3n) is 2.51. The average Bonchev–Trinajstić information content (AvgIpc) is 2.82. The second-order valence-electron chi connectivity index (χ2n) is 4.06. The highest BCUT2D eigenvalue weighted by molar-refractivity contribution is 7.14. The van der Waals surface area contributed by atoms with Gasteiger partial charge >= 0.3 is 0 Å². The molecular formula is C14H13ClN2OS. The van der Waals surface area contributed by atoms with Gasteiger partial charge in [-0.15, -0.1) is 11.3 Å². The SMILES string of the molecule is C/C(=N/NC(=O)c1cccc(Cl)c1)c1ccc(C)s1. The molecule has 0 aliphatic heterocycles. The van der Waals surface area contributed by atoms with E-state index in [1.807, 2.05) is 26.0 Å². The Kier molecular flexibility index (Phi) is 4.35. The topological polar surface area (TPSA) is 41.5 Å². The van der Waals surface area contributed by atoms with E-state index >= 15 is 0 Å². The molecule has 19 heavy (non-hydrogen) atoms. The normalized spacial score (nSPS) is 11.4. The highest BCUT2D eigenvalue weighted by Gasteiger charge is 2.06. The fourth-order valence-electron chi connectivity index (χ4n) is 1.51. The molecule has 3 nitrogen and oxygen atoms in total. The molecule has 0 fully saturated rings. The highest BCUT2D eigenvalue weighted by Crippen LogP contribution is 2.15. The summed E-state index contributed by atoms with van der Waals surface area (Å²) in [5, 5.41) is 4.63. The molecule has 0 spiro atoms. The van der Waals surface area contributed by atoms with Gasteiger partial charge in [0.2, 0.25) is 0 Å². The van der Waals surface area contributed by atoms with Gasteiger partial charge in [0.15, 0.2) is 0 Å². The van der Waals surface area contributed by atoms with Crippen LogP contribution in [0.5, 0.6) is 0 Å². The monoisotopic (exact) mass is 292 g/mol. The number of rotatable bonds is 3. The second kappa shape index (κ2) is 5.99. The van der Waals surface area contributed by atoms with Crippen molar-refractivity contribution in [1.82, 2.24) is 5.43 Å². The molecule has 0 saturated heterocycles. The number of benzene rings is 1. The van der Waals surface area contributed by atoms with E-state index in [0.717, 1.165) is 10.6 Å². The minimum atomic E-state index is -0.268. The number of aryl methyl sites for hydroxylation is 1. The van der Waals surface area contributed by atoms with E-state index in [1.165, 1.54) is 4.88 Å². The van der Waals surface area contributed by atoms with Crippen LogP contribution in [0.3, 0.4) is 0 Å². The molecule has 0 bridgehead atoms. The van der Waals surface area contributed by atoms with Gasteiger partial charge in [-0.3, -0.25) is 4.79 Å². The summed E-state index contributed by atoms with van der Waals surface area (Å²) in [4.78, 5) is 14.1. The maximum Gasteiger partial charge on any atom is 0.271 e. The van der Waals surface area contributed by atoms with Crippen LogP contribution in [-0.2, 0) is 0 Å². The fraction of sp³-hybridized carbons (Fsp3) is 0.143. The Bertz CT molecular complexity index is 634. The average molecular weight is 293 g/mol. The van der Waals surface area contributed by atoms with Crippen molar-refractivity contribution in [2.45, 2.75) is 13.8 Å². The first-order chi connectivity index (χ1) is 9.06. The van der Waals surface area contributed by atoms with E-state index in [-0.39, 0.29) is 5.91 Å². The minimum absolute atomic E-state index is 0.268. The van der Waals surface area contributed by atoms with Crippen molar-refractivity contribution in [1.29, 1.82) is 0 Å². The Balaban J connectivity index is 2.07. The van der Waals surface area contributed by atoms with Crippen molar-refractivity contribution in [3.05, 3.63) is 56.7 Å². The number of hydrazone groups is 1. The van der Waals surface area contributed by atoms with E-state index in [2.05, 4.69) is 10.5 Å². The molecule has 0 atom stereocenters. The zero-order chi connectivity index (χ0) is 13.8. The smallest absolute Gasteiger partial charge is 0.267 e. The number of halogens is 1. The molecule has 1 aromatic carbocycles. The third-order valence-corrected chi connectivity index (χ3v) is 3.85. The van der Waals surface area contributed by atoms with Crippen LogP contribution in [0.25, 0.3) is 0 Å². The third kappa shape index (κ3) is 3.66. The first-order valence-corrected chi connectivity index (χ1v) is 6.93.